The van der Waals surface area contributed by atoms with Crippen molar-refractivity contribution in [3.05, 3.63) is 28.2 Å². The number of hydrogen-bond acceptors (Lipinski definition) is 3. The van der Waals surface area contributed by atoms with Crippen molar-refractivity contribution in [3.8, 4) is 0 Å². The fraction of sp³-hybridized carbons (Fsp3) is 0.571. The molecule has 6 heteroatoms. The number of halogens is 1. The molecular weight excluding hydrogens is 342 g/mol. The topological polar surface area (TPSA) is 66.4 Å². The average molecular weight is 362 g/mol. The van der Waals surface area contributed by atoms with Gasteiger partial charge in [0.05, 0.1) is 4.90 Å². The third kappa shape index (κ3) is 3.61. The summed E-state index contributed by atoms with van der Waals surface area (Å²) in [7, 11) is -3.55. The standard InChI is InChI=1S/C14H20BrNO3S/c1-10-6-7-12(15)8-14(10)20(18,19)16-13-5-3-2-4-11(13)9-17/h6-8,11,13,16-17H,2-5,9H2,1H3. The minimum absolute atomic E-state index is 0.0194. The molecule has 2 atom stereocenters. The van der Waals surface area contributed by atoms with Crippen molar-refractivity contribution < 1.29 is 13.5 Å². The van der Waals surface area contributed by atoms with Crippen LogP contribution in [0.15, 0.2) is 27.6 Å². The SMILES string of the molecule is Cc1ccc(Br)cc1S(=O)(=O)NC1CCCCC1CO. The highest BCUT2D eigenvalue weighted by atomic mass is 79.9. The van der Waals surface area contributed by atoms with Crippen molar-refractivity contribution in [3.63, 3.8) is 0 Å². The van der Waals surface area contributed by atoms with E-state index < -0.39 is 10.0 Å². The summed E-state index contributed by atoms with van der Waals surface area (Å²) in [5.41, 5.74) is 0.719. The van der Waals surface area contributed by atoms with E-state index in [0.29, 0.717) is 4.90 Å². The number of sulfonamides is 1. The first kappa shape index (κ1) is 15.9. The van der Waals surface area contributed by atoms with Crippen LogP contribution in [0.5, 0.6) is 0 Å². The van der Waals surface area contributed by atoms with Crippen LogP contribution in [0.1, 0.15) is 31.2 Å². The van der Waals surface area contributed by atoms with Crippen molar-refractivity contribution in [2.75, 3.05) is 6.61 Å². The van der Waals surface area contributed by atoms with Crippen LogP contribution in [-0.4, -0.2) is 26.2 Å². The lowest BCUT2D eigenvalue weighted by atomic mass is 9.86. The zero-order chi connectivity index (χ0) is 14.8. The minimum Gasteiger partial charge on any atom is -0.396 e. The van der Waals surface area contributed by atoms with E-state index in [1.807, 2.05) is 6.07 Å². The van der Waals surface area contributed by atoms with E-state index >= 15 is 0 Å². The predicted molar refractivity (Wildman–Crippen MR) is 82.0 cm³/mol. The molecule has 1 aliphatic carbocycles. The van der Waals surface area contributed by atoms with Gasteiger partial charge in [-0.15, -0.1) is 0 Å². The van der Waals surface area contributed by atoms with Crippen LogP contribution in [-0.2, 0) is 10.0 Å². The first-order chi connectivity index (χ1) is 9.44. The van der Waals surface area contributed by atoms with E-state index in [0.717, 1.165) is 35.7 Å². The Morgan fingerprint density at radius 2 is 2.05 bits per heavy atom. The van der Waals surface area contributed by atoms with Crippen molar-refractivity contribution in [1.29, 1.82) is 0 Å². The van der Waals surface area contributed by atoms with Crippen LogP contribution >= 0.6 is 15.9 Å². The monoisotopic (exact) mass is 361 g/mol. The molecule has 1 aliphatic rings. The molecule has 4 nitrogen and oxygen atoms in total. The van der Waals surface area contributed by atoms with Gasteiger partial charge in [-0.05, 0) is 43.4 Å². The summed E-state index contributed by atoms with van der Waals surface area (Å²) in [6.45, 7) is 1.82. The van der Waals surface area contributed by atoms with Crippen LogP contribution < -0.4 is 4.72 Å². The van der Waals surface area contributed by atoms with Crippen LogP contribution in [0.2, 0.25) is 0 Å². The lowest BCUT2D eigenvalue weighted by Gasteiger charge is -2.30. The molecule has 2 N–H and O–H groups in total. The molecule has 1 aromatic rings. The Hall–Kier alpha value is -0.430. The molecule has 0 bridgehead atoms. The number of aliphatic hydroxyl groups excluding tert-OH is 1. The zero-order valence-electron chi connectivity index (χ0n) is 11.5. The summed E-state index contributed by atoms with van der Waals surface area (Å²) in [4.78, 5) is 0.300. The summed E-state index contributed by atoms with van der Waals surface area (Å²) < 4.78 is 28.6. The quantitative estimate of drug-likeness (QED) is 0.865. The molecule has 112 valence electrons. The van der Waals surface area contributed by atoms with E-state index in [1.54, 1.807) is 19.1 Å². The van der Waals surface area contributed by atoms with Gasteiger partial charge in [0.15, 0.2) is 0 Å². The normalized spacial score (nSPS) is 23.8. The van der Waals surface area contributed by atoms with Gasteiger partial charge >= 0.3 is 0 Å². The van der Waals surface area contributed by atoms with E-state index in [1.165, 1.54) is 0 Å². The van der Waals surface area contributed by atoms with E-state index in [2.05, 4.69) is 20.7 Å². The second kappa shape index (κ2) is 6.56. The van der Waals surface area contributed by atoms with Crippen LogP contribution in [0, 0.1) is 12.8 Å². The second-order valence-electron chi connectivity index (χ2n) is 5.36. The molecule has 0 radical (unpaired) electrons. The molecular formula is C14H20BrNO3S. The Labute approximate surface area is 128 Å². The Morgan fingerprint density at radius 3 is 2.75 bits per heavy atom. The lowest BCUT2D eigenvalue weighted by Crippen LogP contribution is -2.43. The smallest absolute Gasteiger partial charge is 0.241 e. The molecule has 1 fully saturated rings. The van der Waals surface area contributed by atoms with Gasteiger partial charge in [0.1, 0.15) is 0 Å². The number of nitrogens with one attached hydrogen (secondary N) is 1. The Bertz CT molecular complexity index is 574. The van der Waals surface area contributed by atoms with Gasteiger partial charge in [-0.3, -0.25) is 0 Å². The summed E-state index contributed by atoms with van der Waals surface area (Å²) >= 11 is 3.31. The fourth-order valence-corrected chi connectivity index (χ4v) is 4.83. The molecule has 0 saturated heterocycles. The molecule has 0 heterocycles. The average Bonchev–Trinajstić information content (AvgIpc) is 2.41. The fourth-order valence-electron chi connectivity index (χ4n) is 2.71. The largest absolute Gasteiger partial charge is 0.396 e. The molecule has 0 spiro atoms. The number of aryl methyl sites for hydroxylation is 1. The van der Waals surface area contributed by atoms with Crippen LogP contribution in [0.3, 0.4) is 0 Å². The van der Waals surface area contributed by atoms with E-state index in [-0.39, 0.29) is 18.6 Å². The van der Waals surface area contributed by atoms with E-state index in [4.69, 9.17) is 0 Å². The van der Waals surface area contributed by atoms with Crippen molar-refractivity contribution in [1.82, 2.24) is 4.72 Å². The third-order valence-electron chi connectivity index (χ3n) is 3.89. The molecule has 1 aromatic carbocycles. The molecule has 0 aromatic heterocycles. The van der Waals surface area contributed by atoms with Gasteiger partial charge in [-0.25, -0.2) is 13.1 Å². The minimum atomic E-state index is -3.55. The predicted octanol–water partition coefficient (Wildman–Crippen LogP) is 2.59. The second-order valence-corrected chi connectivity index (χ2v) is 7.96. The molecule has 0 amide bonds. The van der Waals surface area contributed by atoms with Crippen LogP contribution in [0.25, 0.3) is 0 Å². The van der Waals surface area contributed by atoms with Crippen molar-refractivity contribution >= 4 is 26.0 Å². The summed E-state index contributed by atoms with van der Waals surface area (Å²) in [6.07, 6.45) is 3.72. The maximum Gasteiger partial charge on any atom is 0.241 e. The molecule has 2 unspecified atom stereocenters. The Morgan fingerprint density at radius 1 is 1.35 bits per heavy atom. The third-order valence-corrected chi connectivity index (χ3v) is 6.01. The van der Waals surface area contributed by atoms with Gasteiger partial charge in [0.2, 0.25) is 10.0 Å². The highest BCUT2D eigenvalue weighted by Gasteiger charge is 2.29. The Kier molecular flexibility index (Phi) is 5.23. The van der Waals surface area contributed by atoms with Gasteiger partial charge in [-0.2, -0.15) is 0 Å². The van der Waals surface area contributed by atoms with Gasteiger partial charge in [-0.1, -0.05) is 34.8 Å². The van der Waals surface area contributed by atoms with E-state index in [9.17, 15) is 13.5 Å². The molecule has 0 aliphatic heterocycles. The van der Waals surface area contributed by atoms with Crippen molar-refractivity contribution in [2.45, 2.75) is 43.5 Å². The maximum atomic E-state index is 12.5. The van der Waals surface area contributed by atoms with Crippen LogP contribution in [0.4, 0.5) is 0 Å². The van der Waals surface area contributed by atoms with Gasteiger partial charge in [0, 0.05) is 17.1 Å². The Balaban J connectivity index is 2.24. The molecule has 1 saturated carbocycles. The number of benzene rings is 1. The number of hydrogen-bond donors (Lipinski definition) is 2. The zero-order valence-corrected chi connectivity index (χ0v) is 13.9. The highest BCUT2D eigenvalue weighted by molar-refractivity contribution is 9.10. The molecule has 2 rings (SSSR count). The lowest BCUT2D eigenvalue weighted by molar-refractivity contribution is 0.164. The highest BCUT2D eigenvalue weighted by Crippen LogP contribution is 2.27. The summed E-state index contributed by atoms with van der Waals surface area (Å²) in [5, 5.41) is 9.39. The van der Waals surface area contributed by atoms with Gasteiger partial charge < -0.3 is 5.11 Å². The number of rotatable bonds is 4. The molecule has 20 heavy (non-hydrogen) atoms. The van der Waals surface area contributed by atoms with Gasteiger partial charge in [0.25, 0.3) is 0 Å². The maximum absolute atomic E-state index is 12.5. The first-order valence-electron chi connectivity index (χ1n) is 6.83. The van der Waals surface area contributed by atoms with Crippen molar-refractivity contribution in [2.24, 2.45) is 5.92 Å². The number of aliphatic hydroxyl groups is 1. The first-order valence-corrected chi connectivity index (χ1v) is 9.11. The summed E-state index contributed by atoms with van der Waals surface area (Å²) in [6, 6.07) is 5.06. The summed E-state index contributed by atoms with van der Waals surface area (Å²) in [5.74, 6) is 0.0194.